The van der Waals surface area contributed by atoms with E-state index in [-0.39, 0.29) is 0 Å². The maximum atomic E-state index is 4.73. The number of hydrogen-bond donors (Lipinski definition) is 2. The Labute approximate surface area is 173 Å². The first kappa shape index (κ1) is 20.9. The number of imidazole rings is 1. The van der Waals surface area contributed by atoms with Crippen molar-refractivity contribution in [2.75, 3.05) is 26.7 Å². The van der Waals surface area contributed by atoms with Gasteiger partial charge in [0.2, 0.25) is 0 Å². The van der Waals surface area contributed by atoms with Crippen molar-refractivity contribution in [2.45, 2.75) is 26.4 Å². The first-order chi connectivity index (χ1) is 14.2. The van der Waals surface area contributed by atoms with Crippen LogP contribution in [0.2, 0.25) is 0 Å². The first-order valence-corrected chi connectivity index (χ1v) is 10.3. The summed E-state index contributed by atoms with van der Waals surface area (Å²) in [5.41, 5.74) is 3.47. The van der Waals surface area contributed by atoms with Gasteiger partial charge in [0, 0.05) is 20.6 Å². The summed E-state index contributed by atoms with van der Waals surface area (Å²) in [5, 5.41) is 6.91. The lowest BCUT2D eigenvalue weighted by atomic mass is 10.1. The zero-order valence-electron chi connectivity index (χ0n) is 17.9. The van der Waals surface area contributed by atoms with Crippen molar-refractivity contribution in [3.63, 3.8) is 0 Å². The average Bonchev–Trinajstić information content (AvgIpc) is 3.09. The van der Waals surface area contributed by atoms with E-state index in [1.165, 1.54) is 5.56 Å². The number of fused-ring (bicyclic) bond motifs is 1. The fourth-order valence-corrected chi connectivity index (χ4v) is 3.73. The predicted octanol–water partition coefficient (Wildman–Crippen LogP) is 3.32. The van der Waals surface area contributed by atoms with Crippen LogP contribution in [0, 0.1) is 0 Å². The molecule has 2 aromatic carbocycles. The zero-order valence-corrected chi connectivity index (χ0v) is 17.9. The molecule has 6 nitrogen and oxygen atoms in total. The van der Waals surface area contributed by atoms with Gasteiger partial charge in [-0.3, -0.25) is 9.89 Å². The Morgan fingerprint density at radius 3 is 2.38 bits per heavy atom. The molecule has 0 bridgehead atoms. The summed E-state index contributed by atoms with van der Waals surface area (Å²) in [6, 6.07) is 19.1. The van der Waals surface area contributed by atoms with Crippen molar-refractivity contribution >= 4 is 17.0 Å². The number of rotatable bonds is 8. The number of nitrogens with one attached hydrogen (secondary N) is 2. The fourth-order valence-electron chi connectivity index (χ4n) is 3.73. The molecule has 3 aromatic rings. The van der Waals surface area contributed by atoms with Crippen molar-refractivity contribution in [1.29, 1.82) is 0 Å². The summed E-state index contributed by atoms with van der Waals surface area (Å²) in [7, 11) is 3.85. The van der Waals surface area contributed by atoms with E-state index in [2.05, 4.69) is 75.3 Å². The molecule has 1 atom stereocenters. The molecule has 1 aromatic heterocycles. The summed E-state index contributed by atoms with van der Waals surface area (Å²) in [5.74, 6) is 1.77. The number of nitrogens with zero attached hydrogens (tertiary/aromatic N) is 4. The van der Waals surface area contributed by atoms with Crippen molar-refractivity contribution in [3.05, 3.63) is 66.0 Å². The molecular formula is C23H32N6. The molecule has 1 heterocycles. The smallest absolute Gasteiger partial charge is 0.191 e. The van der Waals surface area contributed by atoms with Crippen molar-refractivity contribution in [1.82, 2.24) is 25.1 Å². The Kier molecular flexibility index (Phi) is 7.25. The zero-order chi connectivity index (χ0) is 20.6. The number of para-hydroxylation sites is 2. The van der Waals surface area contributed by atoms with Crippen LogP contribution in [-0.2, 0) is 13.6 Å². The maximum Gasteiger partial charge on any atom is 0.191 e. The summed E-state index contributed by atoms with van der Waals surface area (Å²) in [4.78, 5) is 11.6. The third kappa shape index (κ3) is 4.95. The Morgan fingerprint density at radius 2 is 1.72 bits per heavy atom. The van der Waals surface area contributed by atoms with Gasteiger partial charge >= 0.3 is 0 Å². The molecular weight excluding hydrogens is 360 g/mol. The van der Waals surface area contributed by atoms with Gasteiger partial charge in [0.25, 0.3) is 0 Å². The molecule has 0 saturated carbocycles. The highest BCUT2D eigenvalue weighted by atomic mass is 15.2. The molecule has 1 unspecified atom stereocenters. The average molecular weight is 393 g/mol. The lowest BCUT2D eigenvalue weighted by molar-refractivity contribution is 0.219. The van der Waals surface area contributed by atoms with Crippen LogP contribution in [-0.4, -0.2) is 47.1 Å². The van der Waals surface area contributed by atoms with Crippen molar-refractivity contribution in [2.24, 2.45) is 12.0 Å². The van der Waals surface area contributed by atoms with E-state index in [1.54, 1.807) is 7.05 Å². The normalized spacial score (nSPS) is 13.1. The molecule has 0 fully saturated rings. The molecule has 6 heteroatoms. The minimum Gasteiger partial charge on any atom is -0.354 e. The largest absolute Gasteiger partial charge is 0.354 e. The molecule has 0 aliphatic carbocycles. The minimum absolute atomic E-state index is 0.292. The van der Waals surface area contributed by atoms with E-state index in [0.29, 0.717) is 12.6 Å². The summed E-state index contributed by atoms with van der Waals surface area (Å²) in [6.07, 6.45) is 0. The second kappa shape index (κ2) is 10.1. The highest BCUT2D eigenvalue weighted by Gasteiger charge is 2.18. The number of aliphatic imine (C=N–C) groups is 1. The highest BCUT2D eigenvalue weighted by molar-refractivity contribution is 5.80. The molecule has 2 N–H and O–H groups in total. The van der Waals surface area contributed by atoms with E-state index in [9.17, 15) is 0 Å². The molecule has 0 saturated heterocycles. The number of aryl methyl sites for hydroxylation is 1. The second-order valence-corrected chi connectivity index (χ2v) is 7.03. The fraction of sp³-hybridized carbons (Fsp3) is 0.391. The quantitative estimate of drug-likeness (QED) is 0.456. The predicted molar refractivity (Wildman–Crippen MR) is 121 cm³/mol. The summed E-state index contributed by atoms with van der Waals surface area (Å²) < 4.78 is 2.12. The first-order valence-electron chi connectivity index (χ1n) is 10.3. The molecule has 0 radical (unpaired) electrons. The molecule has 0 amide bonds. The van der Waals surface area contributed by atoms with Crippen LogP contribution in [0.25, 0.3) is 11.0 Å². The number of benzene rings is 2. The van der Waals surface area contributed by atoms with Crippen LogP contribution in [0.15, 0.2) is 59.6 Å². The Balaban J connectivity index is 1.66. The Bertz CT molecular complexity index is 927. The topological polar surface area (TPSA) is 57.5 Å². The van der Waals surface area contributed by atoms with Gasteiger partial charge in [0.1, 0.15) is 5.82 Å². The van der Waals surface area contributed by atoms with Gasteiger partial charge in [-0.2, -0.15) is 0 Å². The van der Waals surface area contributed by atoms with Crippen LogP contribution in [0.3, 0.4) is 0 Å². The Hall–Kier alpha value is -2.86. The molecule has 3 rings (SSSR count). The van der Waals surface area contributed by atoms with Gasteiger partial charge in [0.05, 0.1) is 23.6 Å². The van der Waals surface area contributed by atoms with Crippen LogP contribution in [0.1, 0.15) is 31.3 Å². The van der Waals surface area contributed by atoms with Gasteiger partial charge in [-0.1, -0.05) is 56.3 Å². The SMILES string of the molecule is CCN(CC)C(CNC(=NC)NCc1nc2ccccc2n1C)c1ccccc1. The van der Waals surface area contributed by atoms with E-state index in [0.717, 1.165) is 42.5 Å². The molecule has 0 spiro atoms. The lowest BCUT2D eigenvalue weighted by Gasteiger charge is -2.30. The highest BCUT2D eigenvalue weighted by Crippen LogP contribution is 2.19. The lowest BCUT2D eigenvalue weighted by Crippen LogP contribution is -2.43. The maximum absolute atomic E-state index is 4.73. The van der Waals surface area contributed by atoms with E-state index in [1.807, 2.05) is 25.2 Å². The third-order valence-corrected chi connectivity index (χ3v) is 5.42. The van der Waals surface area contributed by atoms with Gasteiger partial charge in [-0.05, 0) is 30.8 Å². The molecule has 29 heavy (non-hydrogen) atoms. The molecule has 0 aliphatic rings. The van der Waals surface area contributed by atoms with Crippen LogP contribution < -0.4 is 10.6 Å². The third-order valence-electron chi connectivity index (χ3n) is 5.42. The van der Waals surface area contributed by atoms with Crippen LogP contribution in [0.4, 0.5) is 0 Å². The van der Waals surface area contributed by atoms with Crippen LogP contribution in [0.5, 0.6) is 0 Å². The summed E-state index contributed by atoms with van der Waals surface area (Å²) in [6.45, 7) is 7.82. The van der Waals surface area contributed by atoms with E-state index < -0.39 is 0 Å². The standard InChI is InChI=1S/C23H32N6/c1-5-29(6-2)21(18-12-8-7-9-13-18)16-25-23(24-3)26-17-22-27-19-14-10-11-15-20(19)28(22)4/h7-15,21H,5-6,16-17H2,1-4H3,(H2,24,25,26). The van der Waals surface area contributed by atoms with E-state index in [4.69, 9.17) is 4.98 Å². The van der Waals surface area contributed by atoms with Crippen LogP contribution >= 0.6 is 0 Å². The van der Waals surface area contributed by atoms with Crippen molar-refractivity contribution < 1.29 is 0 Å². The van der Waals surface area contributed by atoms with Gasteiger partial charge < -0.3 is 15.2 Å². The minimum atomic E-state index is 0.292. The summed E-state index contributed by atoms with van der Waals surface area (Å²) >= 11 is 0. The monoisotopic (exact) mass is 392 g/mol. The number of likely N-dealkylation sites (N-methyl/N-ethyl adjacent to an activating group) is 1. The number of hydrogen-bond acceptors (Lipinski definition) is 3. The van der Waals surface area contributed by atoms with Crippen molar-refractivity contribution in [3.8, 4) is 0 Å². The Morgan fingerprint density at radius 1 is 1.03 bits per heavy atom. The van der Waals surface area contributed by atoms with Gasteiger partial charge in [0.15, 0.2) is 5.96 Å². The second-order valence-electron chi connectivity index (χ2n) is 7.03. The van der Waals surface area contributed by atoms with Gasteiger partial charge in [-0.25, -0.2) is 4.98 Å². The molecule has 154 valence electrons. The number of aromatic nitrogens is 2. The number of guanidine groups is 1. The molecule has 0 aliphatic heterocycles. The van der Waals surface area contributed by atoms with Gasteiger partial charge in [-0.15, -0.1) is 0 Å². The van der Waals surface area contributed by atoms with E-state index >= 15 is 0 Å².